The predicted octanol–water partition coefficient (Wildman–Crippen LogP) is 4.46. The van der Waals surface area contributed by atoms with Gasteiger partial charge in [-0.1, -0.05) is 13.8 Å². The van der Waals surface area contributed by atoms with E-state index in [0.29, 0.717) is 12.3 Å². The zero-order valence-corrected chi connectivity index (χ0v) is 16.4. The van der Waals surface area contributed by atoms with Crippen molar-refractivity contribution in [1.29, 1.82) is 0 Å². The molecule has 2 aromatic rings. The molecule has 0 bridgehead atoms. The third-order valence-electron chi connectivity index (χ3n) is 4.67. The molecule has 1 atom stereocenters. The number of rotatable bonds is 9. The number of ketones is 1. The first-order valence-electron chi connectivity index (χ1n) is 8.69. The molecule has 0 saturated heterocycles. The van der Waals surface area contributed by atoms with Gasteiger partial charge in [0.2, 0.25) is 0 Å². The molecule has 1 unspecified atom stereocenters. The molecule has 1 aromatic heterocycles. The Morgan fingerprint density at radius 3 is 2.46 bits per heavy atom. The smallest absolute Gasteiger partial charge is 0.310 e. The SMILES string of the molecule is CCOc1ccc(-c2nc(CC(=O)CC(C)(C(=O)O)C(C)C)cs2)cc1. The van der Waals surface area contributed by atoms with Gasteiger partial charge in [0.25, 0.3) is 0 Å². The zero-order valence-electron chi connectivity index (χ0n) is 15.6. The molecule has 0 saturated carbocycles. The lowest BCUT2D eigenvalue weighted by molar-refractivity contribution is -0.153. The molecule has 0 aliphatic rings. The number of carboxylic acid groups (broad SMARTS) is 1. The van der Waals surface area contributed by atoms with Gasteiger partial charge >= 0.3 is 5.97 Å². The number of thiazole rings is 1. The van der Waals surface area contributed by atoms with Crippen LogP contribution in [-0.4, -0.2) is 28.4 Å². The minimum Gasteiger partial charge on any atom is -0.494 e. The molecular formula is C20H25NO4S. The molecule has 0 radical (unpaired) electrons. The van der Waals surface area contributed by atoms with Crippen LogP contribution in [0.4, 0.5) is 0 Å². The second-order valence-electron chi connectivity index (χ2n) is 6.87. The summed E-state index contributed by atoms with van der Waals surface area (Å²) >= 11 is 1.47. The van der Waals surface area contributed by atoms with Crippen LogP contribution in [0.25, 0.3) is 10.6 Å². The molecule has 0 aliphatic carbocycles. The van der Waals surface area contributed by atoms with Crippen molar-refractivity contribution in [2.45, 2.75) is 40.5 Å². The van der Waals surface area contributed by atoms with Gasteiger partial charge in [0.1, 0.15) is 16.5 Å². The molecule has 0 spiro atoms. The fraction of sp³-hybridized carbons (Fsp3) is 0.450. The van der Waals surface area contributed by atoms with E-state index >= 15 is 0 Å². The van der Waals surface area contributed by atoms with E-state index in [4.69, 9.17) is 4.74 Å². The van der Waals surface area contributed by atoms with Crippen molar-refractivity contribution in [3.05, 3.63) is 35.3 Å². The van der Waals surface area contributed by atoms with E-state index in [2.05, 4.69) is 4.98 Å². The molecule has 26 heavy (non-hydrogen) atoms. The van der Waals surface area contributed by atoms with Crippen molar-refractivity contribution >= 4 is 23.1 Å². The number of benzene rings is 1. The lowest BCUT2D eigenvalue weighted by Gasteiger charge is -2.28. The quantitative estimate of drug-likeness (QED) is 0.700. The van der Waals surface area contributed by atoms with Gasteiger partial charge in [0, 0.05) is 23.8 Å². The molecular weight excluding hydrogens is 350 g/mol. The largest absolute Gasteiger partial charge is 0.494 e. The monoisotopic (exact) mass is 375 g/mol. The van der Waals surface area contributed by atoms with E-state index in [1.165, 1.54) is 11.3 Å². The third-order valence-corrected chi connectivity index (χ3v) is 5.61. The summed E-state index contributed by atoms with van der Waals surface area (Å²) in [5.74, 6) is -0.356. The van der Waals surface area contributed by atoms with Crippen LogP contribution in [-0.2, 0) is 16.0 Å². The number of carbonyl (C=O) groups excluding carboxylic acids is 1. The fourth-order valence-corrected chi connectivity index (χ4v) is 3.41. The van der Waals surface area contributed by atoms with Crippen LogP contribution in [0.1, 0.15) is 39.8 Å². The maximum Gasteiger partial charge on any atom is 0.310 e. The lowest BCUT2D eigenvalue weighted by atomic mass is 9.75. The standard InChI is InChI=1S/C20H25NO4S/c1-5-25-17-8-6-14(7-9-17)18-21-15(12-26-18)10-16(22)11-20(4,13(2)3)19(23)24/h6-9,12-13H,5,10-11H2,1-4H3,(H,23,24). The predicted molar refractivity (Wildman–Crippen MR) is 103 cm³/mol. The van der Waals surface area contributed by atoms with Crippen LogP contribution in [0.15, 0.2) is 29.6 Å². The number of carboxylic acids is 1. The summed E-state index contributed by atoms with van der Waals surface area (Å²) < 4.78 is 5.43. The van der Waals surface area contributed by atoms with Crippen molar-refractivity contribution in [2.75, 3.05) is 6.61 Å². The van der Waals surface area contributed by atoms with Crippen LogP contribution in [0.2, 0.25) is 0 Å². The van der Waals surface area contributed by atoms with Crippen LogP contribution in [0.3, 0.4) is 0 Å². The highest BCUT2D eigenvalue weighted by Crippen LogP contribution is 2.32. The van der Waals surface area contributed by atoms with E-state index in [9.17, 15) is 14.7 Å². The topological polar surface area (TPSA) is 76.5 Å². The highest BCUT2D eigenvalue weighted by Gasteiger charge is 2.38. The summed E-state index contributed by atoms with van der Waals surface area (Å²) in [7, 11) is 0. The average molecular weight is 375 g/mol. The van der Waals surface area contributed by atoms with E-state index in [-0.39, 0.29) is 24.5 Å². The lowest BCUT2D eigenvalue weighted by Crippen LogP contribution is -2.35. The number of hydrogen-bond acceptors (Lipinski definition) is 5. The normalized spacial score (nSPS) is 13.4. The number of carbonyl (C=O) groups is 2. The molecule has 140 valence electrons. The van der Waals surface area contributed by atoms with Gasteiger partial charge in [-0.05, 0) is 44.0 Å². The number of hydrogen-bond donors (Lipinski definition) is 1. The molecule has 6 heteroatoms. The van der Waals surface area contributed by atoms with Crippen LogP contribution < -0.4 is 4.74 Å². The number of aromatic nitrogens is 1. The molecule has 2 rings (SSSR count). The first-order chi connectivity index (χ1) is 12.3. The van der Waals surface area contributed by atoms with E-state index in [0.717, 1.165) is 16.3 Å². The Labute approximate surface area is 158 Å². The van der Waals surface area contributed by atoms with Gasteiger partial charge in [0.15, 0.2) is 0 Å². The van der Waals surface area contributed by atoms with Crippen molar-refractivity contribution in [3.8, 4) is 16.3 Å². The molecule has 1 aromatic carbocycles. The first kappa shape index (κ1) is 20.1. The van der Waals surface area contributed by atoms with Gasteiger partial charge < -0.3 is 9.84 Å². The molecule has 0 amide bonds. The van der Waals surface area contributed by atoms with Gasteiger partial charge in [-0.3, -0.25) is 9.59 Å². The summed E-state index contributed by atoms with van der Waals surface area (Å²) in [6.45, 7) is 7.84. The third kappa shape index (κ3) is 4.69. The van der Waals surface area contributed by atoms with Gasteiger partial charge in [0.05, 0.1) is 17.7 Å². The van der Waals surface area contributed by atoms with Gasteiger partial charge in [-0.2, -0.15) is 0 Å². The fourth-order valence-electron chi connectivity index (χ4n) is 2.58. The molecule has 5 nitrogen and oxygen atoms in total. The first-order valence-corrected chi connectivity index (χ1v) is 9.57. The van der Waals surface area contributed by atoms with Crippen molar-refractivity contribution in [2.24, 2.45) is 11.3 Å². The Balaban J connectivity index is 2.05. The maximum absolute atomic E-state index is 12.4. The summed E-state index contributed by atoms with van der Waals surface area (Å²) in [6, 6.07) is 7.67. The van der Waals surface area contributed by atoms with Crippen molar-refractivity contribution in [1.82, 2.24) is 4.98 Å². The molecule has 1 heterocycles. The Kier molecular flexibility index (Phi) is 6.53. The van der Waals surface area contributed by atoms with Crippen molar-refractivity contribution < 1.29 is 19.4 Å². The Morgan fingerprint density at radius 2 is 1.92 bits per heavy atom. The van der Waals surface area contributed by atoms with Crippen LogP contribution in [0.5, 0.6) is 5.75 Å². The summed E-state index contributed by atoms with van der Waals surface area (Å²) in [4.78, 5) is 28.4. The summed E-state index contributed by atoms with van der Waals surface area (Å²) in [5, 5.41) is 12.1. The van der Waals surface area contributed by atoms with Gasteiger partial charge in [-0.15, -0.1) is 11.3 Å². The average Bonchev–Trinajstić information content (AvgIpc) is 3.03. The Morgan fingerprint density at radius 1 is 1.27 bits per heavy atom. The summed E-state index contributed by atoms with van der Waals surface area (Å²) in [5.41, 5.74) is 0.598. The molecule has 1 N–H and O–H groups in total. The van der Waals surface area contributed by atoms with Crippen LogP contribution in [0, 0.1) is 11.3 Å². The van der Waals surface area contributed by atoms with E-state index in [1.807, 2.05) is 50.4 Å². The second kappa shape index (κ2) is 8.45. The van der Waals surface area contributed by atoms with Crippen molar-refractivity contribution in [3.63, 3.8) is 0 Å². The highest BCUT2D eigenvalue weighted by molar-refractivity contribution is 7.13. The summed E-state index contributed by atoms with van der Waals surface area (Å²) in [6.07, 6.45) is 0.166. The molecule has 0 aliphatic heterocycles. The van der Waals surface area contributed by atoms with E-state index in [1.54, 1.807) is 6.92 Å². The van der Waals surface area contributed by atoms with Gasteiger partial charge in [-0.25, -0.2) is 4.98 Å². The van der Waals surface area contributed by atoms with E-state index < -0.39 is 11.4 Å². The number of Topliss-reactive ketones (excluding diaryl/α,β-unsaturated/α-hetero) is 1. The highest BCUT2D eigenvalue weighted by atomic mass is 32.1. The Bertz CT molecular complexity index is 766. The molecule has 0 fully saturated rings. The number of aliphatic carboxylic acids is 1. The number of nitrogens with zero attached hydrogens (tertiary/aromatic N) is 1. The maximum atomic E-state index is 12.4. The second-order valence-corrected chi connectivity index (χ2v) is 7.73. The van der Waals surface area contributed by atoms with Crippen LogP contribution >= 0.6 is 11.3 Å². The number of ether oxygens (including phenoxy) is 1. The minimum absolute atomic E-state index is 0.00983. The Hall–Kier alpha value is -2.21. The minimum atomic E-state index is -1.05. The zero-order chi connectivity index (χ0) is 19.3.